The SMILES string of the molecule is CCN(C(=O)CSc1nnc(-c2ccco2)n1-c1ccccc1)C1CCCCC1. The number of hydrogen-bond acceptors (Lipinski definition) is 5. The smallest absolute Gasteiger partial charge is 0.233 e. The van der Waals surface area contributed by atoms with E-state index in [2.05, 4.69) is 17.1 Å². The highest BCUT2D eigenvalue weighted by Crippen LogP contribution is 2.29. The van der Waals surface area contributed by atoms with Gasteiger partial charge >= 0.3 is 0 Å². The van der Waals surface area contributed by atoms with Crippen molar-refractivity contribution >= 4 is 17.7 Å². The lowest BCUT2D eigenvalue weighted by molar-refractivity contribution is -0.131. The van der Waals surface area contributed by atoms with E-state index in [-0.39, 0.29) is 5.91 Å². The summed E-state index contributed by atoms with van der Waals surface area (Å²) >= 11 is 1.43. The number of hydrogen-bond donors (Lipinski definition) is 0. The third kappa shape index (κ3) is 4.40. The molecule has 2 heterocycles. The molecule has 0 spiro atoms. The van der Waals surface area contributed by atoms with E-state index in [0.29, 0.717) is 28.5 Å². The van der Waals surface area contributed by atoms with Crippen molar-refractivity contribution in [3.8, 4) is 17.3 Å². The van der Waals surface area contributed by atoms with Gasteiger partial charge in [-0.15, -0.1) is 10.2 Å². The molecule has 2 aromatic heterocycles. The van der Waals surface area contributed by atoms with Crippen LogP contribution < -0.4 is 0 Å². The third-order valence-electron chi connectivity index (χ3n) is 5.39. The molecule has 1 aromatic carbocycles. The van der Waals surface area contributed by atoms with E-state index in [4.69, 9.17) is 4.42 Å². The van der Waals surface area contributed by atoms with Crippen molar-refractivity contribution < 1.29 is 9.21 Å². The number of carbonyl (C=O) groups is 1. The Morgan fingerprint density at radius 2 is 1.93 bits per heavy atom. The Morgan fingerprint density at radius 1 is 1.14 bits per heavy atom. The second kappa shape index (κ2) is 9.31. The molecule has 0 radical (unpaired) electrons. The summed E-state index contributed by atoms with van der Waals surface area (Å²) in [5.41, 5.74) is 0.943. The summed E-state index contributed by atoms with van der Waals surface area (Å²) in [4.78, 5) is 15.0. The zero-order valence-electron chi connectivity index (χ0n) is 16.7. The quantitative estimate of drug-likeness (QED) is 0.524. The van der Waals surface area contributed by atoms with Crippen molar-refractivity contribution in [2.75, 3.05) is 12.3 Å². The molecule has 1 fully saturated rings. The average Bonchev–Trinajstić information content (AvgIpc) is 3.44. The van der Waals surface area contributed by atoms with Crippen molar-refractivity contribution in [1.82, 2.24) is 19.7 Å². The summed E-state index contributed by atoms with van der Waals surface area (Å²) < 4.78 is 7.50. The van der Waals surface area contributed by atoms with Crippen LogP contribution in [0.1, 0.15) is 39.0 Å². The predicted molar refractivity (Wildman–Crippen MR) is 114 cm³/mol. The minimum absolute atomic E-state index is 0.173. The Morgan fingerprint density at radius 3 is 2.62 bits per heavy atom. The Kier molecular flexibility index (Phi) is 6.34. The summed E-state index contributed by atoms with van der Waals surface area (Å²) in [6.45, 7) is 2.83. The number of amides is 1. The first-order chi connectivity index (χ1) is 14.3. The number of benzene rings is 1. The van der Waals surface area contributed by atoms with Crippen molar-refractivity contribution in [3.63, 3.8) is 0 Å². The highest BCUT2D eigenvalue weighted by Gasteiger charge is 2.25. The second-order valence-electron chi connectivity index (χ2n) is 7.21. The van der Waals surface area contributed by atoms with E-state index in [1.165, 1.54) is 31.0 Å². The molecule has 1 aliphatic carbocycles. The lowest BCUT2D eigenvalue weighted by Crippen LogP contribution is -2.42. The van der Waals surface area contributed by atoms with Gasteiger partial charge < -0.3 is 9.32 Å². The maximum atomic E-state index is 13.0. The van der Waals surface area contributed by atoms with Gasteiger partial charge in [-0.1, -0.05) is 49.2 Å². The Bertz CT molecular complexity index is 918. The number of carbonyl (C=O) groups excluding carboxylic acids is 1. The molecule has 7 heteroatoms. The van der Waals surface area contributed by atoms with Gasteiger partial charge in [0.05, 0.1) is 12.0 Å². The van der Waals surface area contributed by atoms with Crippen LogP contribution in [0.15, 0.2) is 58.3 Å². The first kappa shape index (κ1) is 19.8. The van der Waals surface area contributed by atoms with Gasteiger partial charge in [0.25, 0.3) is 0 Å². The minimum Gasteiger partial charge on any atom is -0.461 e. The van der Waals surface area contributed by atoms with Crippen molar-refractivity contribution in [2.24, 2.45) is 0 Å². The molecule has 1 saturated carbocycles. The number of furan rings is 1. The minimum atomic E-state index is 0.173. The monoisotopic (exact) mass is 410 g/mol. The fraction of sp³-hybridized carbons (Fsp3) is 0.409. The molecule has 0 N–H and O–H groups in total. The Balaban J connectivity index is 1.55. The molecule has 6 nitrogen and oxygen atoms in total. The molecule has 29 heavy (non-hydrogen) atoms. The van der Waals surface area contributed by atoms with E-state index in [9.17, 15) is 4.79 Å². The fourth-order valence-electron chi connectivity index (χ4n) is 3.98. The van der Waals surface area contributed by atoms with E-state index in [1.54, 1.807) is 6.26 Å². The lowest BCUT2D eigenvalue weighted by Gasteiger charge is -2.33. The van der Waals surface area contributed by atoms with Gasteiger partial charge in [0, 0.05) is 18.3 Å². The molecule has 0 unspecified atom stereocenters. The normalized spacial score (nSPS) is 14.8. The Hall–Kier alpha value is -2.54. The zero-order valence-corrected chi connectivity index (χ0v) is 17.5. The number of para-hydroxylation sites is 1. The Labute approximate surface area is 175 Å². The lowest BCUT2D eigenvalue weighted by atomic mass is 9.94. The van der Waals surface area contributed by atoms with Gasteiger partial charge in [-0.3, -0.25) is 9.36 Å². The molecule has 0 aliphatic heterocycles. The highest BCUT2D eigenvalue weighted by molar-refractivity contribution is 7.99. The molecular formula is C22H26N4O2S. The van der Waals surface area contributed by atoms with Crippen LogP contribution in [0, 0.1) is 0 Å². The highest BCUT2D eigenvalue weighted by atomic mass is 32.2. The predicted octanol–water partition coefficient (Wildman–Crippen LogP) is 4.80. The topological polar surface area (TPSA) is 64.2 Å². The largest absolute Gasteiger partial charge is 0.461 e. The molecule has 0 saturated heterocycles. The van der Waals surface area contributed by atoms with Crippen LogP contribution in [-0.4, -0.2) is 43.9 Å². The molecule has 152 valence electrons. The molecular weight excluding hydrogens is 384 g/mol. The summed E-state index contributed by atoms with van der Waals surface area (Å²) in [6.07, 6.45) is 7.58. The van der Waals surface area contributed by atoms with Gasteiger partial charge in [-0.2, -0.15) is 0 Å². The summed E-state index contributed by atoms with van der Waals surface area (Å²) in [7, 11) is 0. The van der Waals surface area contributed by atoms with Crippen molar-refractivity contribution in [3.05, 3.63) is 48.7 Å². The first-order valence-corrected chi connectivity index (χ1v) is 11.2. The van der Waals surface area contributed by atoms with Crippen LogP contribution in [0.3, 0.4) is 0 Å². The summed E-state index contributed by atoms with van der Waals surface area (Å²) in [5, 5.41) is 9.40. The van der Waals surface area contributed by atoms with Crippen molar-refractivity contribution in [2.45, 2.75) is 50.2 Å². The van der Waals surface area contributed by atoms with Crippen LogP contribution in [-0.2, 0) is 4.79 Å². The average molecular weight is 411 g/mol. The van der Waals surface area contributed by atoms with E-state index < -0.39 is 0 Å². The number of aromatic nitrogens is 3. The zero-order chi connectivity index (χ0) is 20.1. The fourth-order valence-corrected chi connectivity index (χ4v) is 4.82. The van der Waals surface area contributed by atoms with Crippen LogP contribution in [0.2, 0.25) is 0 Å². The molecule has 4 rings (SSSR count). The van der Waals surface area contributed by atoms with Crippen LogP contribution in [0.4, 0.5) is 0 Å². The van der Waals surface area contributed by atoms with E-state index >= 15 is 0 Å². The molecule has 0 bridgehead atoms. The molecule has 1 amide bonds. The van der Waals surface area contributed by atoms with Crippen LogP contribution >= 0.6 is 11.8 Å². The second-order valence-corrected chi connectivity index (χ2v) is 8.16. The standard InChI is InChI=1S/C22H26N4O2S/c1-2-25(17-10-5-3-6-11-17)20(27)16-29-22-24-23-21(19-14-9-15-28-19)26(22)18-12-7-4-8-13-18/h4,7-9,12-15,17H,2-3,5-6,10-11,16H2,1H3. The van der Waals surface area contributed by atoms with E-state index in [1.807, 2.05) is 51.9 Å². The van der Waals surface area contributed by atoms with Gasteiger partial charge in [-0.05, 0) is 44.0 Å². The van der Waals surface area contributed by atoms with Gasteiger partial charge in [-0.25, -0.2) is 0 Å². The molecule has 3 aromatic rings. The maximum absolute atomic E-state index is 13.0. The van der Waals surface area contributed by atoms with Gasteiger partial charge in [0.2, 0.25) is 11.7 Å². The third-order valence-corrected chi connectivity index (χ3v) is 6.30. The number of nitrogens with zero attached hydrogens (tertiary/aromatic N) is 4. The number of rotatable bonds is 7. The number of thioether (sulfide) groups is 1. The van der Waals surface area contributed by atoms with Gasteiger partial charge in [0.1, 0.15) is 0 Å². The molecule has 0 atom stereocenters. The van der Waals surface area contributed by atoms with Crippen molar-refractivity contribution in [1.29, 1.82) is 0 Å². The van der Waals surface area contributed by atoms with Crippen LogP contribution in [0.5, 0.6) is 0 Å². The molecule has 1 aliphatic rings. The summed E-state index contributed by atoms with van der Waals surface area (Å²) in [6, 6.07) is 14.0. The first-order valence-electron chi connectivity index (χ1n) is 10.2. The maximum Gasteiger partial charge on any atom is 0.233 e. The van der Waals surface area contributed by atoms with Crippen LogP contribution in [0.25, 0.3) is 17.3 Å². The summed E-state index contributed by atoms with van der Waals surface area (Å²) in [5.74, 6) is 1.81. The van der Waals surface area contributed by atoms with E-state index in [0.717, 1.165) is 25.1 Å². The van der Waals surface area contributed by atoms with Gasteiger partial charge in [0.15, 0.2) is 10.9 Å².